The molecular formula is C9H11BrN2O5. The number of aliphatic hydroxyl groups excluding tert-OH is 1. The second-order valence-electron chi connectivity index (χ2n) is 3.49. The molecule has 1 rings (SSSR count). The lowest BCUT2D eigenvalue weighted by Gasteiger charge is -2.13. The summed E-state index contributed by atoms with van der Waals surface area (Å²) in [6.45, 7) is 0.550. The predicted octanol–water partition coefficient (Wildman–Crippen LogP) is -0.590. The number of aliphatic carboxylic acids is 1. The highest BCUT2D eigenvalue weighted by Crippen LogP contribution is 2.03. The summed E-state index contributed by atoms with van der Waals surface area (Å²) in [5, 5.41) is 17.6. The molecule has 0 aliphatic heterocycles. The van der Waals surface area contributed by atoms with Gasteiger partial charge in [0.15, 0.2) is 0 Å². The van der Waals surface area contributed by atoms with Gasteiger partial charge in [0.2, 0.25) is 0 Å². The van der Waals surface area contributed by atoms with Crippen molar-refractivity contribution in [3.63, 3.8) is 0 Å². The molecule has 1 atom stereocenters. The Morgan fingerprint density at radius 3 is 2.59 bits per heavy atom. The minimum Gasteiger partial charge on any atom is -0.480 e. The first kappa shape index (κ1) is 13.7. The molecule has 1 aromatic heterocycles. The Bertz CT molecular complexity index is 547. The summed E-state index contributed by atoms with van der Waals surface area (Å²) in [6, 6.07) is -0.715. The van der Waals surface area contributed by atoms with Crippen LogP contribution in [0.2, 0.25) is 0 Å². The van der Waals surface area contributed by atoms with Crippen molar-refractivity contribution in [1.29, 1.82) is 0 Å². The van der Waals surface area contributed by atoms with Gasteiger partial charge in [-0.1, -0.05) is 0 Å². The van der Waals surface area contributed by atoms with E-state index < -0.39 is 36.4 Å². The van der Waals surface area contributed by atoms with Gasteiger partial charge in [0.05, 0.1) is 17.1 Å². The topological polar surface area (TPSA) is 102 Å². The van der Waals surface area contributed by atoms with E-state index in [1.807, 2.05) is 0 Å². The van der Waals surface area contributed by atoms with Gasteiger partial charge >= 0.3 is 11.7 Å². The van der Waals surface area contributed by atoms with Crippen molar-refractivity contribution in [3.05, 3.63) is 31.5 Å². The number of carbonyl (C=O) groups is 1. The highest BCUT2D eigenvalue weighted by atomic mass is 79.9. The number of hydrogen-bond acceptors (Lipinski definition) is 4. The zero-order valence-corrected chi connectivity index (χ0v) is 10.5. The van der Waals surface area contributed by atoms with E-state index >= 15 is 0 Å². The Morgan fingerprint density at radius 1 is 1.53 bits per heavy atom. The van der Waals surface area contributed by atoms with Crippen LogP contribution in [0.1, 0.15) is 13.0 Å². The number of rotatable bonds is 4. The van der Waals surface area contributed by atoms with Crippen molar-refractivity contribution < 1.29 is 15.0 Å². The molecule has 0 unspecified atom stereocenters. The third kappa shape index (κ3) is 2.83. The number of hydrogen-bond donors (Lipinski definition) is 2. The summed E-state index contributed by atoms with van der Waals surface area (Å²) >= 11 is 2.95. The van der Waals surface area contributed by atoms with Gasteiger partial charge in [-0.15, -0.1) is 0 Å². The summed E-state index contributed by atoms with van der Waals surface area (Å²) in [6.07, 6.45) is 1.12. The Hall–Kier alpha value is -1.41. The van der Waals surface area contributed by atoms with Gasteiger partial charge in [-0.2, -0.15) is 0 Å². The van der Waals surface area contributed by atoms with Crippen LogP contribution in [0.25, 0.3) is 0 Å². The zero-order valence-electron chi connectivity index (χ0n) is 8.96. The van der Waals surface area contributed by atoms with Crippen LogP contribution in [0.4, 0.5) is 0 Å². The van der Waals surface area contributed by atoms with Crippen LogP contribution in [0, 0.1) is 0 Å². The smallest absolute Gasteiger partial charge is 0.331 e. The Balaban J connectivity index is 3.48. The third-order valence-corrected chi connectivity index (χ3v) is 2.70. The van der Waals surface area contributed by atoms with Crippen molar-refractivity contribution in [2.75, 3.05) is 6.61 Å². The average molecular weight is 307 g/mol. The molecule has 17 heavy (non-hydrogen) atoms. The van der Waals surface area contributed by atoms with E-state index in [2.05, 4.69) is 15.9 Å². The van der Waals surface area contributed by atoms with Crippen LogP contribution < -0.4 is 11.2 Å². The van der Waals surface area contributed by atoms with Crippen molar-refractivity contribution in [3.8, 4) is 0 Å². The van der Waals surface area contributed by atoms with Crippen LogP contribution in [0.3, 0.4) is 0 Å². The molecule has 0 spiro atoms. The van der Waals surface area contributed by atoms with Gasteiger partial charge < -0.3 is 10.2 Å². The van der Waals surface area contributed by atoms with Crippen molar-refractivity contribution in [2.24, 2.45) is 0 Å². The van der Waals surface area contributed by atoms with Gasteiger partial charge in [-0.05, 0) is 22.9 Å². The minimum atomic E-state index is -1.19. The minimum absolute atomic E-state index is 0.0682. The number of aliphatic hydroxyl groups is 1. The molecule has 1 heterocycles. The molecule has 94 valence electrons. The van der Waals surface area contributed by atoms with Gasteiger partial charge in [0, 0.05) is 6.20 Å². The molecular weight excluding hydrogens is 296 g/mol. The first-order valence-electron chi connectivity index (χ1n) is 4.72. The van der Waals surface area contributed by atoms with E-state index in [0.29, 0.717) is 0 Å². The maximum Gasteiger partial charge on any atom is 0.331 e. The molecule has 1 aromatic rings. The quantitative estimate of drug-likeness (QED) is 0.774. The fourth-order valence-corrected chi connectivity index (χ4v) is 1.76. The van der Waals surface area contributed by atoms with E-state index in [0.717, 1.165) is 15.3 Å². The first-order chi connectivity index (χ1) is 7.88. The van der Waals surface area contributed by atoms with Crippen molar-refractivity contribution >= 4 is 21.9 Å². The van der Waals surface area contributed by atoms with Gasteiger partial charge in [0.25, 0.3) is 5.56 Å². The van der Waals surface area contributed by atoms with Crippen molar-refractivity contribution in [1.82, 2.24) is 9.13 Å². The summed E-state index contributed by atoms with van der Waals surface area (Å²) in [5.74, 6) is -1.19. The van der Waals surface area contributed by atoms with Crippen LogP contribution >= 0.6 is 15.9 Å². The van der Waals surface area contributed by atoms with Gasteiger partial charge in [-0.3, -0.25) is 18.7 Å². The molecule has 0 fully saturated rings. The van der Waals surface area contributed by atoms with Crippen LogP contribution in [-0.2, 0) is 11.3 Å². The molecule has 0 aromatic carbocycles. The van der Waals surface area contributed by atoms with Gasteiger partial charge in [0.1, 0.15) is 6.54 Å². The lowest BCUT2D eigenvalue weighted by molar-refractivity contribution is -0.137. The number of halogens is 1. The lowest BCUT2D eigenvalue weighted by atomic mass is 10.3. The van der Waals surface area contributed by atoms with E-state index in [-0.39, 0.29) is 4.47 Å². The zero-order chi connectivity index (χ0) is 13.2. The monoisotopic (exact) mass is 306 g/mol. The van der Waals surface area contributed by atoms with E-state index in [9.17, 15) is 14.4 Å². The fourth-order valence-electron chi connectivity index (χ4n) is 1.32. The largest absolute Gasteiger partial charge is 0.480 e. The maximum absolute atomic E-state index is 11.8. The second-order valence-corrected chi connectivity index (χ2v) is 4.34. The maximum atomic E-state index is 11.8. The summed E-state index contributed by atoms with van der Waals surface area (Å²) < 4.78 is 1.77. The molecule has 0 radical (unpaired) electrons. The molecule has 2 N–H and O–H groups in total. The van der Waals surface area contributed by atoms with Crippen LogP contribution in [0.15, 0.2) is 20.3 Å². The Labute approximate surface area is 104 Å². The van der Waals surface area contributed by atoms with Crippen LogP contribution in [-0.4, -0.2) is 31.9 Å². The molecule has 0 bridgehead atoms. The second kappa shape index (κ2) is 5.28. The summed E-state index contributed by atoms with van der Waals surface area (Å²) in [7, 11) is 0. The highest BCUT2D eigenvalue weighted by molar-refractivity contribution is 9.10. The standard InChI is InChI=1S/C9H11BrN2O5/c1-5(4-13)12-8(16)6(10)2-11(9(12)17)3-7(14)15/h2,5,13H,3-4H2,1H3,(H,14,15)/t5-/m0/s1. The third-order valence-electron chi connectivity index (χ3n) is 2.15. The number of aromatic nitrogens is 2. The Kier molecular flexibility index (Phi) is 4.24. The molecule has 0 aliphatic carbocycles. The average Bonchev–Trinajstić information content (AvgIpc) is 2.25. The highest BCUT2D eigenvalue weighted by Gasteiger charge is 2.15. The number of carboxylic acids is 1. The van der Waals surface area contributed by atoms with E-state index in [4.69, 9.17) is 10.2 Å². The lowest BCUT2D eigenvalue weighted by Crippen LogP contribution is -2.43. The normalized spacial score (nSPS) is 12.4. The molecule has 0 saturated heterocycles. The first-order valence-corrected chi connectivity index (χ1v) is 5.52. The molecule has 0 saturated carbocycles. The SMILES string of the molecule is C[C@@H](CO)n1c(=O)c(Br)cn(CC(=O)O)c1=O. The molecule has 0 amide bonds. The van der Waals surface area contributed by atoms with E-state index in [1.165, 1.54) is 6.92 Å². The molecule has 7 nitrogen and oxygen atoms in total. The summed E-state index contributed by atoms with van der Waals surface area (Å²) in [5.41, 5.74) is -1.36. The molecule has 8 heteroatoms. The van der Waals surface area contributed by atoms with E-state index in [1.54, 1.807) is 0 Å². The predicted molar refractivity (Wildman–Crippen MR) is 62.1 cm³/mol. The summed E-state index contributed by atoms with van der Waals surface area (Å²) in [4.78, 5) is 34.0. The Morgan fingerprint density at radius 2 is 2.12 bits per heavy atom. The van der Waals surface area contributed by atoms with Crippen LogP contribution in [0.5, 0.6) is 0 Å². The van der Waals surface area contributed by atoms with Crippen molar-refractivity contribution in [2.45, 2.75) is 19.5 Å². The number of carboxylic acid groups (broad SMARTS) is 1. The fraction of sp³-hybridized carbons (Fsp3) is 0.444. The van der Waals surface area contributed by atoms with Gasteiger partial charge in [-0.25, -0.2) is 4.79 Å². The number of nitrogens with zero attached hydrogens (tertiary/aromatic N) is 2. The molecule has 0 aliphatic rings.